The molecule has 16 heavy (non-hydrogen) atoms. The molecule has 90 valence electrons. The summed E-state index contributed by atoms with van der Waals surface area (Å²) in [5.74, 6) is 0. The van der Waals surface area contributed by atoms with Crippen molar-refractivity contribution in [2.45, 2.75) is 26.2 Å². The summed E-state index contributed by atoms with van der Waals surface area (Å²) >= 11 is 12.1. The van der Waals surface area contributed by atoms with Crippen molar-refractivity contribution in [1.29, 1.82) is 0 Å². The molecule has 0 saturated carbocycles. The highest BCUT2D eigenvalue weighted by molar-refractivity contribution is 6.35. The zero-order valence-electron chi connectivity index (χ0n) is 9.39. The summed E-state index contributed by atoms with van der Waals surface area (Å²) in [7, 11) is 0. The van der Waals surface area contributed by atoms with E-state index in [9.17, 15) is 0 Å². The summed E-state index contributed by atoms with van der Waals surface area (Å²) in [4.78, 5) is 0. The first kappa shape index (κ1) is 13.6. The van der Waals surface area contributed by atoms with Crippen molar-refractivity contribution in [3.63, 3.8) is 0 Å². The average molecular weight is 262 g/mol. The van der Waals surface area contributed by atoms with E-state index in [1.54, 1.807) is 0 Å². The van der Waals surface area contributed by atoms with E-state index in [0.29, 0.717) is 5.02 Å². The Morgan fingerprint density at radius 3 is 2.56 bits per heavy atom. The van der Waals surface area contributed by atoms with Gasteiger partial charge in [-0.3, -0.25) is 0 Å². The van der Waals surface area contributed by atoms with Gasteiger partial charge in [0.2, 0.25) is 0 Å². The van der Waals surface area contributed by atoms with E-state index in [1.165, 1.54) is 0 Å². The number of unbranched alkanes of at least 4 members (excludes halogenated alkanes) is 2. The number of hydrogen-bond donors (Lipinski definition) is 2. The molecule has 1 aromatic rings. The molecule has 0 fully saturated rings. The van der Waals surface area contributed by atoms with Crippen LogP contribution in [0.5, 0.6) is 0 Å². The molecule has 0 atom stereocenters. The summed E-state index contributed by atoms with van der Waals surface area (Å²) in [5.41, 5.74) is 1.86. The highest BCUT2D eigenvalue weighted by Crippen LogP contribution is 2.28. The first-order valence-corrected chi connectivity index (χ1v) is 6.21. The van der Waals surface area contributed by atoms with Crippen LogP contribution in [0, 0.1) is 6.92 Å². The minimum atomic E-state index is 0.261. The topological polar surface area (TPSA) is 32.3 Å². The van der Waals surface area contributed by atoms with Crippen LogP contribution in [-0.2, 0) is 0 Å². The number of aliphatic hydroxyl groups is 1. The summed E-state index contributed by atoms with van der Waals surface area (Å²) in [6.07, 6.45) is 2.88. The van der Waals surface area contributed by atoms with Crippen LogP contribution in [0.15, 0.2) is 12.1 Å². The van der Waals surface area contributed by atoms with Gasteiger partial charge in [0.1, 0.15) is 0 Å². The fourth-order valence-electron chi connectivity index (χ4n) is 1.42. The van der Waals surface area contributed by atoms with Crippen LogP contribution in [0.2, 0.25) is 10.0 Å². The Balaban J connectivity index is 2.45. The summed E-state index contributed by atoms with van der Waals surface area (Å²) in [5, 5.41) is 13.3. The quantitative estimate of drug-likeness (QED) is 0.762. The lowest BCUT2D eigenvalue weighted by Crippen LogP contribution is -2.02. The standard InChI is InChI=1S/C12H17Cl2NO/c1-9-7-11(14)12(8-10(9)13)15-5-3-2-4-6-16/h7-8,15-16H,2-6H2,1H3. The zero-order chi connectivity index (χ0) is 12.0. The molecular weight excluding hydrogens is 245 g/mol. The maximum absolute atomic E-state index is 8.63. The van der Waals surface area contributed by atoms with Gasteiger partial charge in [-0.1, -0.05) is 23.2 Å². The van der Waals surface area contributed by atoms with Crippen LogP contribution in [0.3, 0.4) is 0 Å². The largest absolute Gasteiger partial charge is 0.396 e. The van der Waals surface area contributed by atoms with E-state index in [0.717, 1.165) is 42.1 Å². The first-order valence-electron chi connectivity index (χ1n) is 5.45. The lowest BCUT2D eigenvalue weighted by molar-refractivity contribution is 0.283. The van der Waals surface area contributed by atoms with Gasteiger partial charge in [-0.25, -0.2) is 0 Å². The maximum Gasteiger partial charge on any atom is 0.0641 e. The van der Waals surface area contributed by atoms with Crippen molar-refractivity contribution in [1.82, 2.24) is 0 Å². The molecule has 1 aromatic carbocycles. The van der Waals surface area contributed by atoms with Gasteiger partial charge in [0.25, 0.3) is 0 Å². The van der Waals surface area contributed by atoms with E-state index >= 15 is 0 Å². The van der Waals surface area contributed by atoms with Gasteiger partial charge in [0, 0.05) is 18.2 Å². The van der Waals surface area contributed by atoms with E-state index in [2.05, 4.69) is 5.32 Å². The zero-order valence-corrected chi connectivity index (χ0v) is 10.9. The molecular formula is C12H17Cl2NO. The second-order valence-electron chi connectivity index (χ2n) is 3.79. The van der Waals surface area contributed by atoms with Crippen LogP contribution in [0.4, 0.5) is 5.69 Å². The smallest absolute Gasteiger partial charge is 0.0641 e. The number of nitrogens with one attached hydrogen (secondary N) is 1. The van der Waals surface area contributed by atoms with Crippen molar-refractivity contribution in [2.24, 2.45) is 0 Å². The Morgan fingerprint density at radius 1 is 1.12 bits per heavy atom. The van der Waals surface area contributed by atoms with Gasteiger partial charge in [0.15, 0.2) is 0 Å². The van der Waals surface area contributed by atoms with Crippen LogP contribution >= 0.6 is 23.2 Å². The van der Waals surface area contributed by atoms with Crippen molar-refractivity contribution in [3.05, 3.63) is 27.7 Å². The van der Waals surface area contributed by atoms with Gasteiger partial charge in [-0.2, -0.15) is 0 Å². The number of anilines is 1. The molecule has 2 N–H and O–H groups in total. The minimum absolute atomic E-state index is 0.261. The van der Waals surface area contributed by atoms with Gasteiger partial charge < -0.3 is 10.4 Å². The van der Waals surface area contributed by atoms with Gasteiger partial charge in [-0.05, 0) is 43.9 Å². The third-order valence-corrected chi connectivity index (χ3v) is 3.12. The monoisotopic (exact) mass is 261 g/mol. The molecule has 4 heteroatoms. The molecule has 0 saturated heterocycles. The Morgan fingerprint density at radius 2 is 1.88 bits per heavy atom. The summed E-state index contributed by atoms with van der Waals surface area (Å²) < 4.78 is 0. The van der Waals surface area contributed by atoms with E-state index in [4.69, 9.17) is 28.3 Å². The molecule has 0 bridgehead atoms. The van der Waals surface area contributed by atoms with Crippen molar-refractivity contribution in [3.8, 4) is 0 Å². The Labute approximate surface area is 107 Å². The predicted molar refractivity (Wildman–Crippen MR) is 70.6 cm³/mol. The Hall–Kier alpha value is -0.440. The Kier molecular flexibility index (Phi) is 5.96. The predicted octanol–water partition coefficient (Wildman–Crippen LogP) is 3.88. The molecule has 0 heterocycles. The van der Waals surface area contributed by atoms with E-state index in [1.807, 2.05) is 19.1 Å². The van der Waals surface area contributed by atoms with Gasteiger partial charge in [0.05, 0.1) is 10.7 Å². The molecule has 0 aliphatic rings. The van der Waals surface area contributed by atoms with E-state index in [-0.39, 0.29) is 6.61 Å². The number of aliphatic hydroxyl groups excluding tert-OH is 1. The highest BCUT2D eigenvalue weighted by Gasteiger charge is 2.03. The van der Waals surface area contributed by atoms with Crippen LogP contribution in [-0.4, -0.2) is 18.3 Å². The molecule has 0 spiro atoms. The number of hydrogen-bond acceptors (Lipinski definition) is 2. The number of aryl methyl sites for hydroxylation is 1. The highest BCUT2D eigenvalue weighted by atomic mass is 35.5. The molecule has 1 rings (SSSR count). The van der Waals surface area contributed by atoms with Gasteiger partial charge in [-0.15, -0.1) is 0 Å². The Bertz CT molecular complexity index is 342. The van der Waals surface area contributed by atoms with Crippen molar-refractivity contribution >= 4 is 28.9 Å². The normalized spacial score (nSPS) is 10.5. The number of rotatable bonds is 6. The molecule has 2 nitrogen and oxygen atoms in total. The van der Waals surface area contributed by atoms with Crippen LogP contribution < -0.4 is 5.32 Å². The molecule has 0 aliphatic heterocycles. The number of halogens is 2. The lowest BCUT2D eigenvalue weighted by Gasteiger charge is -2.10. The molecule has 0 radical (unpaired) electrons. The summed E-state index contributed by atoms with van der Waals surface area (Å²) in [6.45, 7) is 3.04. The number of benzene rings is 1. The third-order valence-electron chi connectivity index (χ3n) is 2.40. The van der Waals surface area contributed by atoms with Crippen LogP contribution in [0.1, 0.15) is 24.8 Å². The lowest BCUT2D eigenvalue weighted by atomic mass is 10.2. The van der Waals surface area contributed by atoms with Crippen molar-refractivity contribution in [2.75, 3.05) is 18.5 Å². The van der Waals surface area contributed by atoms with Crippen molar-refractivity contribution < 1.29 is 5.11 Å². The fraction of sp³-hybridized carbons (Fsp3) is 0.500. The second kappa shape index (κ2) is 7.00. The summed E-state index contributed by atoms with van der Waals surface area (Å²) in [6, 6.07) is 3.71. The molecule has 0 aromatic heterocycles. The molecule has 0 amide bonds. The minimum Gasteiger partial charge on any atom is -0.396 e. The van der Waals surface area contributed by atoms with Crippen LogP contribution in [0.25, 0.3) is 0 Å². The SMILES string of the molecule is Cc1cc(Cl)c(NCCCCCO)cc1Cl. The first-order chi connectivity index (χ1) is 7.65. The second-order valence-corrected chi connectivity index (χ2v) is 4.61. The fourth-order valence-corrected chi connectivity index (χ4v) is 1.87. The van der Waals surface area contributed by atoms with E-state index < -0.39 is 0 Å². The third kappa shape index (κ3) is 4.20. The molecule has 0 unspecified atom stereocenters. The van der Waals surface area contributed by atoms with Gasteiger partial charge >= 0.3 is 0 Å². The average Bonchev–Trinajstić information content (AvgIpc) is 2.25. The maximum atomic E-state index is 8.63. The molecule has 0 aliphatic carbocycles.